The van der Waals surface area contributed by atoms with E-state index < -0.39 is 5.95 Å². The Morgan fingerprint density at radius 3 is 2.78 bits per heavy atom. The minimum atomic E-state index is -0.547. The summed E-state index contributed by atoms with van der Waals surface area (Å²) >= 11 is 1.41. The van der Waals surface area contributed by atoms with Crippen molar-refractivity contribution in [2.75, 3.05) is 29.9 Å². The molecular formula is C31H29FN6O2S. The van der Waals surface area contributed by atoms with Gasteiger partial charge in [-0.1, -0.05) is 11.8 Å². The summed E-state index contributed by atoms with van der Waals surface area (Å²) in [5.74, 6) is 6.05. The summed E-state index contributed by atoms with van der Waals surface area (Å²) in [6.45, 7) is 4.31. The molecule has 2 aliphatic heterocycles. The van der Waals surface area contributed by atoms with Crippen molar-refractivity contribution in [3.05, 3.63) is 94.8 Å². The first kappa shape index (κ1) is 26.7. The van der Waals surface area contributed by atoms with Gasteiger partial charge in [0.15, 0.2) is 5.13 Å². The average molecular weight is 569 g/mol. The van der Waals surface area contributed by atoms with Gasteiger partial charge in [-0.15, -0.1) is 11.3 Å². The van der Waals surface area contributed by atoms with Crippen LogP contribution in [0.4, 0.5) is 15.2 Å². The molecule has 208 valence electrons. The van der Waals surface area contributed by atoms with E-state index in [1.54, 1.807) is 40.8 Å². The third-order valence-electron chi connectivity index (χ3n) is 7.49. The van der Waals surface area contributed by atoms with Crippen molar-refractivity contribution < 1.29 is 14.0 Å². The van der Waals surface area contributed by atoms with Gasteiger partial charge in [0.1, 0.15) is 5.69 Å². The maximum absolute atomic E-state index is 13.5. The Morgan fingerprint density at radius 1 is 1.17 bits per heavy atom. The molecule has 2 amide bonds. The molecule has 5 heterocycles. The first-order valence-electron chi connectivity index (χ1n) is 13.6. The van der Waals surface area contributed by atoms with E-state index in [4.69, 9.17) is 4.98 Å². The summed E-state index contributed by atoms with van der Waals surface area (Å²) in [7, 11) is 0. The van der Waals surface area contributed by atoms with Crippen molar-refractivity contribution >= 4 is 34.0 Å². The second-order valence-electron chi connectivity index (χ2n) is 10.3. The minimum Gasteiger partial charge on any atom is -0.363 e. The second kappa shape index (κ2) is 11.6. The van der Waals surface area contributed by atoms with Gasteiger partial charge in [-0.05, 0) is 66.9 Å². The predicted octanol–water partition coefficient (Wildman–Crippen LogP) is 4.95. The number of nitrogens with one attached hydrogen (secondary N) is 1. The monoisotopic (exact) mass is 568 g/mol. The molecular weight excluding hydrogens is 539 g/mol. The first-order valence-corrected chi connectivity index (χ1v) is 14.5. The molecule has 1 N–H and O–H groups in total. The van der Waals surface area contributed by atoms with Crippen LogP contribution in [0.3, 0.4) is 0 Å². The third-order valence-corrected chi connectivity index (χ3v) is 8.27. The lowest BCUT2D eigenvalue weighted by Crippen LogP contribution is -2.48. The third kappa shape index (κ3) is 6.00. The van der Waals surface area contributed by atoms with Crippen molar-refractivity contribution in [1.29, 1.82) is 0 Å². The van der Waals surface area contributed by atoms with Gasteiger partial charge < -0.3 is 14.4 Å². The van der Waals surface area contributed by atoms with Crippen molar-refractivity contribution in [2.45, 2.75) is 32.4 Å². The second-order valence-corrected chi connectivity index (χ2v) is 11.2. The highest BCUT2D eigenvalue weighted by Gasteiger charge is 2.29. The molecule has 41 heavy (non-hydrogen) atoms. The van der Waals surface area contributed by atoms with Crippen molar-refractivity contribution in [3.63, 3.8) is 0 Å². The zero-order chi connectivity index (χ0) is 28.3. The maximum Gasteiger partial charge on any atom is 0.274 e. The number of hydrogen-bond acceptors (Lipinski definition) is 6. The van der Waals surface area contributed by atoms with E-state index in [9.17, 15) is 14.0 Å². The first-order chi connectivity index (χ1) is 19.9. The molecule has 0 radical (unpaired) electrons. The Kier molecular flexibility index (Phi) is 7.53. The SMILES string of the molecule is CC(=O)N1CC(C#Cc2ccc(N3CCC[C@@H]3c3csc(NC(=O)c4cccn4Cc4ccnc(F)c4)n3)cc2)C1. The van der Waals surface area contributed by atoms with Crippen LogP contribution in [0.25, 0.3) is 0 Å². The van der Waals surface area contributed by atoms with Gasteiger partial charge in [0.25, 0.3) is 5.91 Å². The topological polar surface area (TPSA) is 83.4 Å². The molecule has 0 unspecified atom stereocenters. The van der Waals surface area contributed by atoms with Crippen LogP contribution in [-0.4, -0.2) is 50.9 Å². The Labute approximate surface area is 241 Å². The zero-order valence-electron chi connectivity index (χ0n) is 22.6. The highest BCUT2D eigenvalue weighted by molar-refractivity contribution is 7.14. The number of carbonyl (C=O) groups excluding carboxylic acids is 2. The van der Waals surface area contributed by atoms with E-state index in [0.29, 0.717) is 30.5 Å². The highest BCUT2D eigenvalue weighted by Crippen LogP contribution is 2.37. The highest BCUT2D eigenvalue weighted by atomic mass is 32.1. The van der Waals surface area contributed by atoms with Gasteiger partial charge in [-0.2, -0.15) is 4.39 Å². The van der Waals surface area contributed by atoms with Gasteiger partial charge >= 0.3 is 0 Å². The van der Waals surface area contributed by atoms with Crippen LogP contribution >= 0.6 is 11.3 Å². The molecule has 0 bridgehead atoms. The van der Waals surface area contributed by atoms with E-state index in [1.165, 1.54) is 23.6 Å². The van der Waals surface area contributed by atoms with Gasteiger partial charge in [-0.25, -0.2) is 9.97 Å². The standard InChI is InChI=1S/C31H29FN6O2S/c1-21(39)37-18-24(19-37)7-6-22-8-10-25(11-9-22)38-15-3-4-27(38)26-20-41-31(34-26)35-30(40)28-5-2-14-36(28)17-23-12-13-33-29(32)16-23/h2,5,8-14,16,20,24,27H,3-4,15,17-19H2,1H3,(H,34,35,40)/t27-/m1/s1. The van der Waals surface area contributed by atoms with Crippen molar-refractivity contribution in [3.8, 4) is 11.8 Å². The predicted molar refractivity (Wildman–Crippen MR) is 156 cm³/mol. The number of halogens is 1. The van der Waals surface area contributed by atoms with E-state index in [0.717, 1.165) is 41.9 Å². The number of pyridine rings is 1. The molecule has 6 rings (SSSR count). The fraction of sp³-hybridized carbons (Fsp3) is 0.290. The number of anilines is 2. The van der Waals surface area contributed by atoms with Gasteiger partial charge in [0.05, 0.1) is 17.7 Å². The quantitative estimate of drug-likeness (QED) is 0.263. The number of carbonyl (C=O) groups is 2. The van der Waals surface area contributed by atoms with Crippen LogP contribution in [-0.2, 0) is 11.3 Å². The molecule has 4 aromatic rings. The van der Waals surface area contributed by atoms with Gasteiger partial charge in [0, 0.05) is 62.1 Å². The number of aromatic nitrogens is 3. The van der Waals surface area contributed by atoms with Crippen molar-refractivity contribution in [2.24, 2.45) is 5.92 Å². The van der Waals surface area contributed by atoms with E-state index in [-0.39, 0.29) is 23.8 Å². The molecule has 2 aliphatic rings. The van der Waals surface area contributed by atoms with Crippen LogP contribution in [0.15, 0.2) is 66.3 Å². The number of likely N-dealkylation sites (tertiary alicyclic amines) is 1. The molecule has 10 heteroatoms. The van der Waals surface area contributed by atoms with Crippen LogP contribution in [0.5, 0.6) is 0 Å². The van der Waals surface area contributed by atoms with Gasteiger partial charge in [-0.3, -0.25) is 14.9 Å². The normalized spacial score (nSPS) is 16.7. The lowest BCUT2D eigenvalue weighted by molar-refractivity contribution is -0.133. The van der Waals surface area contributed by atoms with E-state index in [2.05, 4.69) is 39.2 Å². The molecule has 8 nitrogen and oxygen atoms in total. The average Bonchev–Trinajstić information content (AvgIpc) is 3.69. The molecule has 1 aromatic carbocycles. The lowest BCUT2D eigenvalue weighted by Gasteiger charge is -2.35. The molecule has 1 atom stereocenters. The molecule has 2 saturated heterocycles. The molecule has 0 spiro atoms. The largest absolute Gasteiger partial charge is 0.363 e. The fourth-order valence-corrected chi connectivity index (χ4v) is 6.04. The number of amides is 2. The number of benzene rings is 1. The summed E-state index contributed by atoms with van der Waals surface area (Å²) in [6, 6.07) is 15.0. The fourth-order valence-electron chi connectivity index (χ4n) is 5.29. The number of hydrogen-bond donors (Lipinski definition) is 1. The summed E-state index contributed by atoms with van der Waals surface area (Å²) in [4.78, 5) is 36.9. The Morgan fingerprint density at radius 2 is 2.00 bits per heavy atom. The smallest absolute Gasteiger partial charge is 0.274 e. The molecule has 0 aliphatic carbocycles. The van der Waals surface area contributed by atoms with E-state index >= 15 is 0 Å². The van der Waals surface area contributed by atoms with Crippen molar-refractivity contribution in [1.82, 2.24) is 19.4 Å². The number of nitrogens with zero attached hydrogens (tertiary/aromatic N) is 5. The summed E-state index contributed by atoms with van der Waals surface area (Å²) < 4.78 is 15.3. The Balaban J connectivity index is 1.09. The minimum absolute atomic E-state index is 0.105. The Bertz CT molecular complexity index is 1630. The summed E-state index contributed by atoms with van der Waals surface area (Å²) in [5, 5.41) is 5.50. The summed E-state index contributed by atoms with van der Waals surface area (Å²) in [5.41, 5.74) is 4.21. The lowest BCUT2D eigenvalue weighted by atomic mass is 10.0. The molecule has 0 saturated carbocycles. The van der Waals surface area contributed by atoms with Crippen LogP contribution in [0.1, 0.15) is 53.1 Å². The zero-order valence-corrected chi connectivity index (χ0v) is 23.4. The van der Waals surface area contributed by atoms with Gasteiger partial charge in [0.2, 0.25) is 11.9 Å². The number of rotatable bonds is 6. The summed E-state index contributed by atoms with van der Waals surface area (Å²) in [6.07, 6.45) is 5.26. The van der Waals surface area contributed by atoms with E-state index in [1.807, 2.05) is 17.5 Å². The maximum atomic E-state index is 13.5. The number of thiazole rings is 1. The van der Waals surface area contributed by atoms with Crippen LogP contribution in [0.2, 0.25) is 0 Å². The molecule has 2 fully saturated rings. The molecule has 3 aromatic heterocycles. The van der Waals surface area contributed by atoms with Crippen LogP contribution in [0, 0.1) is 23.7 Å². The van der Waals surface area contributed by atoms with Crippen LogP contribution < -0.4 is 10.2 Å². The Hall–Kier alpha value is -4.49.